The van der Waals surface area contributed by atoms with E-state index in [2.05, 4.69) is 24.1 Å². The normalized spacial score (nSPS) is 24.9. The van der Waals surface area contributed by atoms with Gasteiger partial charge in [-0.3, -0.25) is 4.90 Å². The molecule has 1 saturated heterocycles. The van der Waals surface area contributed by atoms with Gasteiger partial charge >= 0.3 is 0 Å². The fourth-order valence-electron chi connectivity index (χ4n) is 1.81. The quantitative estimate of drug-likeness (QED) is 0.550. The second-order valence-corrected chi connectivity index (χ2v) is 4.58. The van der Waals surface area contributed by atoms with E-state index in [0.29, 0.717) is 12.6 Å². The molecule has 1 heterocycles. The standard InChI is InChI=1S/C11H24N2O3/c1-9(2)13-3-4-16-11(7-13)6-12-5-10(15)8-14/h9-12,14-15H,3-8H2,1-2H3. The summed E-state index contributed by atoms with van der Waals surface area (Å²) in [6, 6.07) is 0.550. The number of aliphatic hydroxyl groups excluding tert-OH is 2. The van der Waals surface area contributed by atoms with Crippen molar-refractivity contribution in [1.29, 1.82) is 0 Å². The molecule has 0 aromatic heterocycles. The number of ether oxygens (including phenoxy) is 1. The maximum atomic E-state index is 9.16. The second kappa shape index (κ2) is 7.19. The number of aliphatic hydroxyl groups is 2. The Hall–Kier alpha value is -0.200. The molecule has 0 bridgehead atoms. The summed E-state index contributed by atoms with van der Waals surface area (Å²) in [7, 11) is 0. The van der Waals surface area contributed by atoms with Crippen LogP contribution in [0.15, 0.2) is 0 Å². The monoisotopic (exact) mass is 232 g/mol. The first kappa shape index (κ1) is 13.9. The van der Waals surface area contributed by atoms with Gasteiger partial charge in [-0.1, -0.05) is 0 Å². The van der Waals surface area contributed by atoms with Crippen LogP contribution < -0.4 is 5.32 Å². The number of morpholine rings is 1. The van der Waals surface area contributed by atoms with Crippen LogP contribution in [0.4, 0.5) is 0 Å². The molecule has 5 nitrogen and oxygen atoms in total. The minimum atomic E-state index is -0.676. The largest absolute Gasteiger partial charge is 0.394 e. The van der Waals surface area contributed by atoms with E-state index in [4.69, 9.17) is 14.9 Å². The zero-order valence-electron chi connectivity index (χ0n) is 10.2. The molecule has 3 N–H and O–H groups in total. The molecule has 0 radical (unpaired) electrons. The van der Waals surface area contributed by atoms with Gasteiger partial charge in [-0.05, 0) is 13.8 Å². The highest BCUT2D eigenvalue weighted by Gasteiger charge is 2.21. The van der Waals surface area contributed by atoms with Gasteiger partial charge < -0.3 is 20.3 Å². The predicted molar refractivity (Wildman–Crippen MR) is 62.4 cm³/mol. The van der Waals surface area contributed by atoms with Crippen LogP contribution in [0.25, 0.3) is 0 Å². The van der Waals surface area contributed by atoms with Gasteiger partial charge in [0.25, 0.3) is 0 Å². The minimum Gasteiger partial charge on any atom is -0.394 e. The Morgan fingerprint density at radius 2 is 2.25 bits per heavy atom. The Morgan fingerprint density at radius 1 is 1.50 bits per heavy atom. The fraction of sp³-hybridized carbons (Fsp3) is 1.00. The molecule has 1 aliphatic rings. The van der Waals surface area contributed by atoms with Crippen LogP contribution in [-0.4, -0.2) is 72.8 Å². The van der Waals surface area contributed by atoms with Crippen molar-refractivity contribution in [3.8, 4) is 0 Å². The number of nitrogens with zero attached hydrogens (tertiary/aromatic N) is 1. The third kappa shape index (κ3) is 4.76. The maximum absolute atomic E-state index is 9.16. The maximum Gasteiger partial charge on any atom is 0.0894 e. The summed E-state index contributed by atoms with van der Waals surface area (Å²) in [4.78, 5) is 2.39. The van der Waals surface area contributed by atoms with E-state index in [-0.39, 0.29) is 12.7 Å². The molecule has 1 aliphatic heterocycles. The number of hydrogen-bond donors (Lipinski definition) is 3. The van der Waals surface area contributed by atoms with Gasteiger partial charge in [0.2, 0.25) is 0 Å². The minimum absolute atomic E-state index is 0.182. The third-order valence-electron chi connectivity index (χ3n) is 2.86. The van der Waals surface area contributed by atoms with Crippen molar-refractivity contribution in [2.24, 2.45) is 0 Å². The molecule has 1 fully saturated rings. The Kier molecular flexibility index (Phi) is 6.23. The Labute approximate surface area is 97.4 Å². The van der Waals surface area contributed by atoms with Crippen molar-refractivity contribution in [3.05, 3.63) is 0 Å². The van der Waals surface area contributed by atoms with E-state index in [9.17, 15) is 0 Å². The van der Waals surface area contributed by atoms with Crippen LogP contribution in [-0.2, 0) is 4.74 Å². The lowest BCUT2D eigenvalue weighted by Gasteiger charge is -2.35. The molecule has 0 amide bonds. The van der Waals surface area contributed by atoms with Crippen molar-refractivity contribution in [2.45, 2.75) is 32.1 Å². The van der Waals surface area contributed by atoms with Gasteiger partial charge in [-0.2, -0.15) is 0 Å². The molecule has 5 heteroatoms. The highest BCUT2D eigenvalue weighted by Crippen LogP contribution is 2.07. The van der Waals surface area contributed by atoms with E-state index >= 15 is 0 Å². The van der Waals surface area contributed by atoms with Crippen LogP contribution >= 0.6 is 0 Å². The lowest BCUT2D eigenvalue weighted by molar-refractivity contribution is -0.0383. The van der Waals surface area contributed by atoms with Gasteiger partial charge in [0, 0.05) is 32.2 Å². The van der Waals surface area contributed by atoms with E-state index < -0.39 is 6.10 Å². The molecule has 2 unspecified atom stereocenters. The van der Waals surface area contributed by atoms with E-state index in [0.717, 1.165) is 26.2 Å². The van der Waals surface area contributed by atoms with Gasteiger partial charge in [-0.25, -0.2) is 0 Å². The van der Waals surface area contributed by atoms with Gasteiger partial charge in [0.05, 0.1) is 25.4 Å². The molecule has 2 atom stereocenters. The van der Waals surface area contributed by atoms with Crippen LogP contribution in [0.2, 0.25) is 0 Å². The average Bonchev–Trinajstić information content (AvgIpc) is 2.29. The summed E-state index contributed by atoms with van der Waals surface area (Å²) in [5.41, 5.74) is 0. The molecule has 0 aromatic rings. The van der Waals surface area contributed by atoms with Crippen molar-refractivity contribution < 1.29 is 14.9 Å². The topological polar surface area (TPSA) is 65.0 Å². The predicted octanol–water partition coefficient (Wildman–Crippen LogP) is -0.962. The van der Waals surface area contributed by atoms with E-state index in [1.807, 2.05) is 0 Å². The first-order chi connectivity index (χ1) is 7.63. The van der Waals surface area contributed by atoms with Crippen molar-refractivity contribution >= 4 is 0 Å². The van der Waals surface area contributed by atoms with Crippen LogP contribution in [0, 0.1) is 0 Å². The van der Waals surface area contributed by atoms with E-state index in [1.54, 1.807) is 0 Å². The zero-order chi connectivity index (χ0) is 12.0. The molecule has 96 valence electrons. The zero-order valence-corrected chi connectivity index (χ0v) is 10.2. The second-order valence-electron chi connectivity index (χ2n) is 4.58. The van der Waals surface area contributed by atoms with Crippen LogP contribution in [0.3, 0.4) is 0 Å². The summed E-state index contributed by atoms with van der Waals surface area (Å²) < 4.78 is 5.63. The molecule has 1 rings (SSSR count). The summed E-state index contributed by atoms with van der Waals surface area (Å²) in [5, 5.41) is 20.9. The molecule has 0 spiro atoms. The van der Waals surface area contributed by atoms with Crippen molar-refractivity contribution in [2.75, 3.05) is 39.4 Å². The molecule has 0 aromatic carbocycles. The lowest BCUT2D eigenvalue weighted by Crippen LogP contribution is -2.49. The number of rotatable bonds is 6. The van der Waals surface area contributed by atoms with Gasteiger partial charge in [0.1, 0.15) is 0 Å². The highest BCUT2D eigenvalue weighted by molar-refractivity contribution is 4.76. The summed E-state index contributed by atoms with van der Waals surface area (Å²) in [6.07, 6.45) is -0.494. The Balaban J connectivity index is 2.17. The highest BCUT2D eigenvalue weighted by atomic mass is 16.5. The smallest absolute Gasteiger partial charge is 0.0894 e. The average molecular weight is 232 g/mol. The summed E-state index contributed by atoms with van der Waals surface area (Å²) in [6.45, 7) is 8.01. The van der Waals surface area contributed by atoms with Crippen molar-refractivity contribution in [3.63, 3.8) is 0 Å². The van der Waals surface area contributed by atoms with Crippen LogP contribution in [0.1, 0.15) is 13.8 Å². The van der Waals surface area contributed by atoms with Crippen molar-refractivity contribution in [1.82, 2.24) is 10.2 Å². The molecular weight excluding hydrogens is 208 g/mol. The number of nitrogens with one attached hydrogen (secondary N) is 1. The van der Waals surface area contributed by atoms with Gasteiger partial charge in [0.15, 0.2) is 0 Å². The Morgan fingerprint density at radius 3 is 2.88 bits per heavy atom. The van der Waals surface area contributed by atoms with E-state index in [1.165, 1.54) is 0 Å². The number of hydrogen-bond acceptors (Lipinski definition) is 5. The van der Waals surface area contributed by atoms with Crippen LogP contribution in [0.5, 0.6) is 0 Å². The fourth-order valence-corrected chi connectivity index (χ4v) is 1.81. The Bertz CT molecular complexity index is 190. The summed E-state index contributed by atoms with van der Waals surface area (Å²) >= 11 is 0. The SMILES string of the molecule is CC(C)N1CCOC(CNCC(O)CO)C1. The first-order valence-corrected chi connectivity index (χ1v) is 5.98. The molecule has 0 saturated carbocycles. The van der Waals surface area contributed by atoms with Gasteiger partial charge in [-0.15, -0.1) is 0 Å². The summed E-state index contributed by atoms with van der Waals surface area (Å²) in [5.74, 6) is 0. The molecule has 0 aliphatic carbocycles. The first-order valence-electron chi connectivity index (χ1n) is 5.98. The third-order valence-corrected chi connectivity index (χ3v) is 2.86. The lowest BCUT2D eigenvalue weighted by atomic mass is 10.2. The molecular formula is C11H24N2O3. The molecule has 16 heavy (non-hydrogen) atoms.